The molecule has 0 spiro atoms. The molecule has 1 atom stereocenters. The third-order valence-electron chi connectivity index (χ3n) is 3.08. The molecular formula is C16H18FN. The Balaban J connectivity index is 2.48. The first-order valence-electron chi connectivity index (χ1n) is 6.30. The van der Waals surface area contributed by atoms with Gasteiger partial charge in [-0.25, -0.2) is 4.39 Å². The Labute approximate surface area is 108 Å². The predicted molar refractivity (Wildman–Crippen MR) is 73.9 cm³/mol. The largest absolute Gasteiger partial charge is 0.310 e. The van der Waals surface area contributed by atoms with E-state index in [4.69, 9.17) is 0 Å². The van der Waals surface area contributed by atoms with E-state index in [9.17, 15) is 4.39 Å². The van der Waals surface area contributed by atoms with Crippen molar-refractivity contribution in [3.8, 4) is 11.1 Å². The van der Waals surface area contributed by atoms with Crippen LogP contribution >= 0.6 is 0 Å². The standard InChI is InChI=1S/C16H18FN/c1-3-18-12(2)15-10-9-14(17)11-16(15)13-7-5-4-6-8-13/h4-12,18H,3H2,1-2H3. The third kappa shape index (κ3) is 2.77. The van der Waals surface area contributed by atoms with Crippen LogP contribution in [0.4, 0.5) is 4.39 Å². The Morgan fingerprint density at radius 3 is 2.50 bits per heavy atom. The van der Waals surface area contributed by atoms with Crippen molar-refractivity contribution >= 4 is 0 Å². The van der Waals surface area contributed by atoms with Crippen LogP contribution in [0.5, 0.6) is 0 Å². The van der Waals surface area contributed by atoms with Gasteiger partial charge in [-0.3, -0.25) is 0 Å². The molecule has 2 aromatic rings. The van der Waals surface area contributed by atoms with Gasteiger partial charge in [-0.15, -0.1) is 0 Å². The summed E-state index contributed by atoms with van der Waals surface area (Å²) in [4.78, 5) is 0. The molecule has 0 bridgehead atoms. The fourth-order valence-corrected chi connectivity index (χ4v) is 2.19. The normalized spacial score (nSPS) is 12.4. The van der Waals surface area contributed by atoms with Crippen molar-refractivity contribution in [2.75, 3.05) is 6.54 Å². The van der Waals surface area contributed by atoms with E-state index in [0.717, 1.165) is 23.2 Å². The highest BCUT2D eigenvalue weighted by Gasteiger charge is 2.11. The van der Waals surface area contributed by atoms with Crippen molar-refractivity contribution in [3.63, 3.8) is 0 Å². The number of hydrogen-bond donors (Lipinski definition) is 1. The minimum absolute atomic E-state index is 0.193. The monoisotopic (exact) mass is 243 g/mol. The quantitative estimate of drug-likeness (QED) is 0.850. The number of rotatable bonds is 4. The molecule has 18 heavy (non-hydrogen) atoms. The summed E-state index contributed by atoms with van der Waals surface area (Å²) in [5, 5.41) is 3.37. The molecule has 0 fully saturated rings. The summed E-state index contributed by atoms with van der Waals surface area (Å²) in [5.41, 5.74) is 3.14. The maximum Gasteiger partial charge on any atom is 0.123 e. The van der Waals surface area contributed by atoms with Crippen LogP contribution in [0.25, 0.3) is 11.1 Å². The molecule has 0 heterocycles. The van der Waals surface area contributed by atoms with Crippen molar-refractivity contribution in [2.24, 2.45) is 0 Å². The molecule has 1 N–H and O–H groups in total. The fourth-order valence-electron chi connectivity index (χ4n) is 2.19. The highest BCUT2D eigenvalue weighted by atomic mass is 19.1. The molecule has 2 rings (SSSR count). The highest BCUT2D eigenvalue weighted by molar-refractivity contribution is 5.68. The summed E-state index contributed by atoms with van der Waals surface area (Å²) in [6.45, 7) is 5.07. The smallest absolute Gasteiger partial charge is 0.123 e. The third-order valence-corrected chi connectivity index (χ3v) is 3.08. The molecule has 0 aliphatic carbocycles. The van der Waals surface area contributed by atoms with Crippen molar-refractivity contribution in [1.82, 2.24) is 5.32 Å². The Morgan fingerprint density at radius 1 is 1.11 bits per heavy atom. The maximum absolute atomic E-state index is 13.5. The minimum Gasteiger partial charge on any atom is -0.310 e. The summed E-state index contributed by atoms with van der Waals surface area (Å²) in [6, 6.07) is 15.2. The van der Waals surface area contributed by atoms with Gasteiger partial charge < -0.3 is 5.32 Å². The average molecular weight is 243 g/mol. The van der Waals surface area contributed by atoms with E-state index in [1.165, 1.54) is 6.07 Å². The van der Waals surface area contributed by atoms with Gasteiger partial charge in [0.1, 0.15) is 5.82 Å². The topological polar surface area (TPSA) is 12.0 Å². The van der Waals surface area contributed by atoms with Gasteiger partial charge in [0.15, 0.2) is 0 Å². The molecule has 1 unspecified atom stereocenters. The Morgan fingerprint density at radius 2 is 1.83 bits per heavy atom. The zero-order valence-corrected chi connectivity index (χ0v) is 10.8. The van der Waals surface area contributed by atoms with Crippen LogP contribution in [0, 0.1) is 5.82 Å². The van der Waals surface area contributed by atoms with Crippen LogP contribution < -0.4 is 5.32 Å². The van der Waals surface area contributed by atoms with E-state index < -0.39 is 0 Å². The molecule has 0 saturated carbocycles. The average Bonchev–Trinajstić information content (AvgIpc) is 2.40. The van der Waals surface area contributed by atoms with Gasteiger partial charge in [0.2, 0.25) is 0 Å². The van der Waals surface area contributed by atoms with Gasteiger partial charge in [0.25, 0.3) is 0 Å². The van der Waals surface area contributed by atoms with Crippen LogP contribution in [0.2, 0.25) is 0 Å². The van der Waals surface area contributed by atoms with Gasteiger partial charge in [-0.1, -0.05) is 43.3 Å². The van der Waals surface area contributed by atoms with Crippen LogP contribution in [0.3, 0.4) is 0 Å². The second-order valence-electron chi connectivity index (χ2n) is 4.38. The molecule has 1 nitrogen and oxygen atoms in total. The molecular weight excluding hydrogens is 225 g/mol. The van der Waals surface area contributed by atoms with Gasteiger partial charge in [-0.05, 0) is 42.3 Å². The Kier molecular flexibility index (Phi) is 4.11. The summed E-state index contributed by atoms with van der Waals surface area (Å²) >= 11 is 0. The first-order valence-corrected chi connectivity index (χ1v) is 6.30. The van der Waals surface area contributed by atoms with Crippen molar-refractivity contribution in [3.05, 3.63) is 59.9 Å². The molecule has 0 amide bonds. The van der Waals surface area contributed by atoms with Crippen LogP contribution in [-0.4, -0.2) is 6.54 Å². The second kappa shape index (κ2) is 5.78. The molecule has 0 saturated heterocycles. The number of hydrogen-bond acceptors (Lipinski definition) is 1. The molecule has 2 aromatic carbocycles. The fraction of sp³-hybridized carbons (Fsp3) is 0.250. The summed E-state index contributed by atoms with van der Waals surface area (Å²) in [7, 11) is 0. The molecule has 0 aliphatic rings. The van der Waals surface area contributed by atoms with Crippen LogP contribution in [0.1, 0.15) is 25.5 Å². The van der Waals surface area contributed by atoms with Crippen molar-refractivity contribution in [2.45, 2.75) is 19.9 Å². The van der Waals surface area contributed by atoms with Gasteiger partial charge in [0, 0.05) is 6.04 Å². The first kappa shape index (κ1) is 12.8. The van der Waals surface area contributed by atoms with Crippen LogP contribution in [0.15, 0.2) is 48.5 Å². The van der Waals surface area contributed by atoms with E-state index in [1.807, 2.05) is 36.4 Å². The lowest BCUT2D eigenvalue weighted by Gasteiger charge is -2.17. The molecule has 0 aliphatic heterocycles. The lowest BCUT2D eigenvalue weighted by atomic mass is 9.95. The zero-order chi connectivity index (χ0) is 13.0. The van der Waals surface area contributed by atoms with Gasteiger partial charge >= 0.3 is 0 Å². The van der Waals surface area contributed by atoms with Gasteiger partial charge in [-0.2, -0.15) is 0 Å². The lowest BCUT2D eigenvalue weighted by molar-refractivity contribution is 0.593. The van der Waals surface area contributed by atoms with Crippen molar-refractivity contribution in [1.29, 1.82) is 0 Å². The first-order chi connectivity index (χ1) is 8.72. The molecule has 2 heteroatoms. The van der Waals surface area contributed by atoms with E-state index in [0.29, 0.717) is 0 Å². The summed E-state index contributed by atoms with van der Waals surface area (Å²) in [5.74, 6) is -0.193. The van der Waals surface area contributed by atoms with Crippen LogP contribution in [-0.2, 0) is 0 Å². The predicted octanol–water partition coefficient (Wildman–Crippen LogP) is 4.16. The molecule has 0 radical (unpaired) electrons. The van der Waals surface area contributed by atoms with Gasteiger partial charge in [0.05, 0.1) is 0 Å². The Hall–Kier alpha value is -1.67. The summed E-state index contributed by atoms with van der Waals surface area (Å²) < 4.78 is 13.5. The molecule has 94 valence electrons. The van der Waals surface area contributed by atoms with Crippen molar-refractivity contribution < 1.29 is 4.39 Å². The maximum atomic E-state index is 13.5. The highest BCUT2D eigenvalue weighted by Crippen LogP contribution is 2.28. The summed E-state index contributed by atoms with van der Waals surface area (Å²) in [6.07, 6.45) is 0. The number of nitrogens with one attached hydrogen (secondary N) is 1. The molecule has 0 aromatic heterocycles. The van der Waals surface area contributed by atoms with E-state index in [2.05, 4.69) is 19.2 Å². The van der Waals surface area contributed by atoms with E-state index in [-0.39, 0.29) is 11.9 Å². The van der Waals surface area contributed by atoms with E-state index >= 15 is 0 Å². The zero-order valence-electron chi connectivity index (χ0n) is 10.8. The second-order valence-corrected chi connectivity index (χ2v) is 4.38. The number of halogens is 1. The SMILES string of the molecule is CCNC(C)c1ccc(F)cc1-c1ccccc1. The lowest BCUT2D eigenvalue weighted by Crippen LogP contribution is -2.18. The minimum atomic E-state index is -0.193. The number of benzene rings is 2. The Bertz CT molecular complexity index is 508. The van der Waals surface area contributed by atoms with E-state index in [1.54, 1.807) is 6.07 Å².